The molecule has 0 aliphatic heterocycles. The normalized spacial score (nSPS) is 12.2. The van der Waals surface area contributed by atoms with E-state index in [9.17, 15) is 36.6 Å². The molecule has 4 rings (SSSR count). The third-order valence-corrected chi connectivity index (χ3v) is 17.5. The lowest BCUT2D eigenvalue weighted by atomic mass is 9.91. The van der Waals surface area contributed by atoms with Crippen molar-refractivity contribution in [3.05, 3.63) is 48.0 Å². The second-order valence-electron chi connectivity index (χ2n) is 19.2. The number of Topliss-reactive ketones (excluding diaryl/α,β-unsaturated/α-hetero) is 1. The summed E-state index contributed by atoms with van der Waals surface area (Å²) >= 11 is 0. The van der Waals surface area contributed by atoms with Gasteiger partial charge in [0.1, 0.15) is 11.5 Å². The van der Waals surface area contributed by atoms with Crippen LogP contribution < -0.4 is 0 Å². The fourth-order valence-electron chi connectivity index (χ4n) is 9.72. The molecule has 66 heavy (non-hydrogen) atoms. The summed E-state index contributed by atoms with van der Waals surface area (Å²) in [4.78, 5) is 24.9. The molecule has 4 aromatic rings. The highest BCUT2D eigenvalue weighted by atomic mass is 32.2. The van der Waals surface area contributed by atoms with Gasteiger partial charge in [0.05, 0.1) is 21.3 Å². The molecule has 0 aliphatic rings. The number of ketones is 1. The minimum atomic E-state index is -4.19. The van der Waals surface area contributed by atoms with Crippen molar-refractivity contribution < 1.29 is 36.6 Å². The van der Waals surface area contributed by atoms with Crippen LogP contribution in [0.15, 0.2) is 52.3 Å². The Hall–Kier alpha value is -3.50. The molecule has 0 aromatic heterocycles. The molecule has 0 atom stereocenters. The predicted molar refractivity (Wildman–Crippen MR) is 276 cm³/mol. The Morgan fingerprint density at radius 1 is 0.439 bits per heavy atom. The molecule has 0 heterocycles. The zero-order chi connectivity index (χ0) is 47.6. The number of phenols is 2. The number of hydrogen-bond acceptors (Lipinski definition) is 8. The molecular weight excluding hydrogens is 865 g/mol. The number of fused-ring (bicyclic) bond motifs is 3. The van der Waals surface area contributed by atoms with E-state index in [4.69, 9.17) is 0 Å². The molecule has 368 valence electrons. The van der Waals surface area contributed by atoms with E-state index in [-0.39, 0.29) is 66.7 Å². The number of benzene rings is 4. The van der Waals surface area contributed by atoms with E-state index in [1.807, 2.05) is 0 Å². The van der Waals surface area contributed by atoms with Crippen molar-refractivity contribution in [2.24, 2.45) is 0 Å². The van der Waals surface area contributed by atoms with E-state index in [0.29, 0.717) is 31.1 Å². The number of aromatic hydroxyl groups is 2. The fraction of sp³-hybridized carbons (Fsp3) is 0.643. The molecule has 0 fully saturated rings. The summed E-state index contributed by atoms with van der Waals surface area (Å²) in [6, 6.07) is 10.5. The molecule has 0 saturated carbocycles. The maximum atomic E-state index is 14.3. The van der Waals surface area contributed by atoms with Crippen LogP contribution >= 0.6 is 0 Å². The van der Waals surface area contributed by atoms with Gasteiger partial charge in [-0.3, -0.25) is 9.59 Å². The maximum absolute atomic E-state index is 14.3. The summed E-state index contributed by atoms with van der Waals surface area (Å²) in [6.07, 6.45) is 36.8. The van der Waals surface area contributed by atoms with Crippen molar-refractivity contribution in [1.82, 2.24) is 0 Å². The molecule has 2 N–H and O–H groups in total. The average Bonchev–Trinajstić information content (AvgIpc) is 3.31. The van der Waals surface area contributed by atoms with E-state index in [0.717, 1.165) is 38.5 Å². The highest BCUT2D eigenvalue weighted by Gasteiger charge is 2.30. The fourth-order valence-corrected chi connectivity index (χ4v) is 13.4. The van der Waals surface area contributed by atoms with Crippen molar-refractivity contribution >= 4 is 64.1 Å². The predicted octanol–water partition coefficient (Wildman–Crippen LogP) is 16.0. The van der Waals surface area contributed by atoms with Gasteiger partial charge >= 0.3 is 0 Å². The van der Waals surface area contributed by atoms with Gasteiger partial charge in [0, 0.05) is 27.1 Å². The van der Waals surface area contributed by atoms with Crippen molar-refractivity contribution in [3.63, 3.8) is 0 Å². The number of hydrogen-bond donors (Lipinski definition) is 2. The molecule has 0 saturated heterocycles. The summed E-state index contributed by atoms with van der Waals surface area (Å²) in [6.45, 7) is 4.49. The van der Waals surface area contributed by atoms with Gasteiger partial charge in [-0.2, -0.15) is 0 Å². The maximum Gasteiger partial charge on any atom is 0.226 e. The first kappa shape index (κ1) is 55.1. The highest BCUT2D eigenvalue weighted by Crippen LogP contribution is 2.46. The standard InChI is InChI=1S/C56H84O8S2/c1-3-5-7-9-11-13-15-17-19-21-23-25-27-29-31-35-39-65(61,62)51-42-45-41-49-54(56(60)47-38-34-33-37-46(47)55(49)59)53(50(58)44-57)48(45)43-52(51)66(63,64)40-36-32-30-28-26-24-22-20-18-16-14-12-10-8-6-4-2/h33-34,37-38,41-44,59-60H,3-32,35-36,39-40H2,1-2H3. The second kappa shape index (κ2) is 30.1. The van der Waals surface area contributed by atoms with Crippen LogP contribution in [0, 0.1) is 0 Å². The molecule has 10 heteroatoms. The minimum absolute atomic E-state index is 0.0245. The molecule has 8 nitrogen and oxygen atoms in total. The zero-order valence-corrected chi connectivity index (χ0v) is 42.5. The number of carbonyl (C=O) groups is 2. The Balaban J connectivity index is 1.43. The SMILES string of the molecule is CCCCCCCCCCCCCCCCCCS(=O)(=O)c1cc2cc3c(O)c4ccccc4c(O)c3c(C(=O)C=O)c2cc1S(=O)(=O)CCCCCCCCCCCCCCCCCC. The van der Waals surface area contributed by atoms with E-state index in [1.165, 1.54) is 159 Å². The Labute approximate surface area is 399 Å². The zero-order valence-electron chi connectivity index (χ0n) is 40.8. The lowest BCUT2D eigenvalue weighted by Crippen LogP contribution is -2.16. The third-order valence-electron chi connectivity index (χ3n) is 13.7. The second-order valence-corrected chi connectivity index (χ2v) is 23.3. The monoisotopic (exact) mass is 949 g/mol. The van der Waals surface area contributed by atoms with E-state index >= 15 is 0 Å². The van der Waals surface area contributed by atoms with Crippen LogP contribution in [0.1, 0.15) is 230 Å². The van der Waals surface area contributed by atoms with E-state index in [1.54, 1.807) is 24.3 Å². The minimum Gasteiger partial charge on any atom is -0.507 e. The number of phenolic OH excluding ortho intramolecular Hbond substituents is 2. The first-order valence-electron chi connectivity index (χ1n) is 26.3. The quantitative estimate of drug-likeness (QED) is 0.0113. The summed E-state index contributed by atoms with van der Waals surface area (Å²) in [7, 11) is -8.33. The lowest BCUT2D eigenvalue weighted by Gasteiger charge is -2.18. The molecule has 4 aromatic carbocycles. The summed E-state index contributed by atoms with van der Waals surface area (Å²) in [5.41, 5.74) is -0.281. The largest absolute Gasteiger partial charge is 0.507 e. The number of unbranched alkanes of at least 4 members (excludes halogenated alkanes) is 30. The van der Waals surface area contributed by atoms with Crippen LogP contribution in [0.25, 0.3) is 32.3 Å². The van der Waals surface area contributed by atoms with Crippen molar-refractivity contribution in [2.75, 3.05) is 11.5 Å². The Bertz CT molecular complexity index is 2320. The van der Waals surface area contributed by atoms with Gasteiger partial charge < -0.3 is 10.2 Å². The number of rotatable bonds is 38. The Morgan fingerprint density at radius 2 is 0.773 bits per heavy atom. The van der Waals surface area contributed by atoms with Gasteiger partial charge in [-0.05, 0) is 41.8 Å². The van der Waals surface area contributed by atoms with Crippen LogP contribution in [-0.2, 0) is 24.5 Å². The van der Waals surface area contributed by atoms with E-state index < -0.39 is 30.4 Å². The molecule has 0 spiro atoms. The van der Waals surface area contributed by atoms with Crippen molar-refractivity contribution in [2.45, 2.75) is 229 Å². The van der Waals surface area contributed by atoms with Crippen LogP contribution in [0.4, 0.5) is 0 Å². The number of carbonyl (C=O) groups excluding carboxylic acids is 2. The third kappa shape index (κ3) is 17.2. The molecule has 0 bridgehead atoms. The molecular formula is C56H84O8S2. The topological polar surface area (TPSA) is 143 Å². The summed E-state index contributed by atoms with van der Waals surface area (Å²) in [5, 5.41) is 23.7. The molecule has 0 radical (unpaired) electrons. The van der Waals surface area contributed by atoms with E-state index in [2.05, 4.69) is 13.8 Å². The van der Waals surface area contributed by atoms with Crippen molar-refractivity contribution in [3.8, 4) is 11.5 Å². The smallest absolute Gasteiger partial charge is 0.226 e. The van der Waals surface area contributed by atoms with Gasteiger partial charge in [-0.1, -0.05) is 231 Å². The molecule has 0 amide bonds. The van der Waals surface area contributed by atoms with Crippen LogP contribution in [0.3, 0.4) is 0 Å². The first-order chi connectivity index (χ1) is 32.0. The van der Waals surface area contributed by atoms with Gasteiger partial charge in [0.25, 0.3) is 0 Å². The number of sulfone groups is 2. The van der Waals surface area contributed by atoms with Crippen LogP contribution in [0.5, 0.6) is 11.5 Å². The Morgan fingerprint density at radius 3 is 1.14 bits per heavy atom. The van der Waals surface area contributed by atoms with Gasteiger partial charge in [0.2, 0.25) is 5.78 Å². The first-order valence-corrected chi connectivity index (χ1v) is 29.6. The summed E-state index contributed by atoms with van der Waals surface area (Å²) < 4.78 is 57.2. The summed E-state index contributed by atoms with van der Waals surface area (Å²) in [5.74, 6) is -2.12. The van der Waals surface area contributed by atoms with Gasteiger partial charge in [-0.15, -0.1) is 0 Å². The average molecular weight is 949 g/mol. The molecule has 0 unspecified atom stereocenters. The number of aldehydes is 1. The lowest BCUT2D eigenvalue weighted by molar-refractivity contribution is -0.104. The van der Waals surface area contributed by atoms with Gasteiger partial charge in [-0.25, -0.2) is 16.8 Å². The van der Waals surface area contributed by atoms with Crippen molar-refractivity contribution in [1.29, 1.82) is 0 Å². The van der Waals surface area contributed by atoms with Crippen LogP contribution in [-0.4, -0.2) is 50.6 Å². The van der Waals surface area contributed by atoms with Crippen LogP contribution in [0.2, 0.25) is 0 Å². The molecule has 0 aliphatic carbocycles. The van der Waals surface area contributed by atoms with Gasteiger partial charge in [0.15, 0.2) is 26.0 Å². The Kier molecular flexibility index (Phi) is 25.1. The highest BCUT2D eigenvalue weighted by molar-refractivity contribution is 7.94.